The lowest BCUT2D eigenvalue weighted by Crippen LogP contribution is -2.33. The first-order valence-electron chi connectivity index (χ1n) is 12.4. The van der Waals surface area contributed by atoms with E-state index in [1.54, 1.807) is 0 Å². The molecular weight excluding hydrogens is 418 g/mol. The Labute approximate surface area is 195 Å². The predicted octanol–water partition coefficient (Wildman–Crippen LogP) is 3.01. The highest BCUT2D eigenvalue weighted by atomic mass is 16.5. The fourth-order valence-electron chi connectivity index (χ4n) is 5.48. The topological polar surface area (TPSA) is 101 Å². The van der Waals surface area contributed by atoms with E-state index in [9.17, 15) is 4.79 Å². The quantitative estimate of drug-likeness (QED) is 0.475. The molecule has 2 aliphatic carbocycles. The minimum atomic E-state index is 0.0511. The van der Waals surface area contributed by atoms with Crippen molar-refractivity contribution in [3.05, 3.63) is 35.3 Å². The summed E-state index contributed by atoms with van der Waals surface area (Å²) in [6.45, 7) is 5.43. The lowest BCUT2D eigenvalue weighted by Gasteiger charge is -2.29. The molecule has 0 aromatic carbocycles. The lowest BCUT2D eigenvalue weighted by molar-refractivity contribution is -0.121. The van der Waals surface area contributed by atoms with Gasteiger partial charge in [-0.2, -0.15) is 0 Å². The van der Waals surface area contributed by atoms with Gasteiger partial charge in [0.1, 0.15) is 5.76 Å². The molecule has 0 radical (unpaired) electrons. The Morgan fingerprint density at radius 1 is 1.24 bits per heavy atom. The average molecular weight is 454 g/mol. The third-order valence-corrected chi connectivity index (χ3v) is 7.56. The smallest absolute Gasteiger partial charge is 0.227 e. The summed E-state index contributed by atoms with van der Waals surface area (Å²) in [5.41, 5.74) is 2.42. The van der Waals surface area contributed by atoms with Gasteiger partial charge in [0.15, 0.2) is 11.6 Å². The van der Waals surface area contributed by atoms with Gasteiger partial charge in [-0.3, -0.25) is 4.79 Å². The highest BCUT2D eigenvalue weighted by Gasteiger charge is 2.55. The third-order valence-electron chi connectivity index (χ3n) is 7.56. The highest BCUT2D eigenvalue weighted by molar-refractivity contribution is 5.78. The maximum absolute atomic E-state index is 12.3. The number of anilines is 1. The molecule has 2 fully saturated rings. The van der Waals surface area contributed by atoms with Gasteiger partial charge in [-0.15, -0.1) is 0 Å². The summed E-state index contributed by atoms with van der Waals surface area (Å²) in [5, 5.41) is 14.0. The van der Waals surface area contributed by atoms with Crippen LogP contribution in [0, 0.1) is 18.3 Å². The van der Waals surface area contributed by atoms with Crippen molar-refractivity contribution in [1.82, 2.24) is 20.8 Å². The summed E-state index contributed by atoms with van der Waals surface area (Å²) in [6, 6.07) is 4.21. The SMILES string of the molecule is Cc1cc(CC(=O)NC2CC23CCC(CCNCCNc2nccc4c2OCC4)CC3)on1. The summed E-state index contributed by atoms with van der Waals surface area (Å²) < 4.78 is 10.9. The van der Waals surface area contributed by atoms with Crippen molar-refractivity contribution >= 4 is 11.7 Å². The molecule has 3 heterocycles. The molecule has 3 N–H and O–H groups in total. The fraction of sp³-hybridized carbons (Fsp3) is 0.640. The Bertz CT molecular complexity index is 967. The number of pyridine rings is 1. The first kappa shape index (κ1) is 22.2. The van der Waals surface area contributed by atoms with E-state index in [2.05, 4.69) is 26.1 Å². The van der Waals surface area contributed by atoms with E-state index in [1.807, 2.05) is 25.3 Å². The standard InChI is InChI=1S/C25H35N5O3/c1-17-14-20(33-30-17)15-22(31)29-21-16-25(21)7-2-18(3-8-25)4-9-26-11-12-28-24-23-19(5-10-27-24)6-13-32-23/h5,10,14,18,21,26H,2-4,6-9,11-13,15-16H2,1H3,(H,27,28)(H,29,31). The Kier molecular flexibility index (Phi) is 6.53. The molecule has 0 saturated heterocycles. The van der Waals surface area contributed by atoms with E-state index in [0.29, 0.717) is 17.2 Å². The van der Waals surface area contributed by atoms with Crippen LogP contribution in [0.3, 0.4) is 0 Å². The van der Waals surface area contributed by atoms with E-state index in [0.717, 1.165) is 62.3 Å². The van der Waals surface area contributed by atoms with Gasteiger partial charge in [0, 0.05) is 43.4 Å². The monoisotopic (exact) mass is 453 g/mol. The number of aromatic nitrogens is 2. The summed E-state index contributed by atoms with van der Waals surface area (Å²) in [6.07, 6.45) is 10.5. The molecule has 2 saturated carbocycles. The van der Waals surface area contributed by atoms with E-state index in [-0.39, 0.29) is 12.3 Å². The second kappa shape index (κ2) is 9.71. The molecule has 8 nitrogen and oxygen atoms in total. The number of ether oxygens (including phenoxy) is 1. The zero-order valence-electron chi connectivity index (χ0n) is 19.5. The van der Waals surface area contributed by atoms with Crippen LogP contribution in [0.25, 0.3) is 0 Å². The first-order valence-corrected chi connectivity index (χ1v) is 12.4. The van der Waals surface area contributed by atoms with E-state index in [1.165, 1.54) is 37.7 Å². The summed E-state index contributed by atoms with van der Waals surface area (Å²) in [7, 11) is 0. The van der Waals surface area contributed by atoms with Gasteiger partial charge in [-0.25, -0.2) is 4.98 Å². The molecule has 1 unspecified atom stereocenters. The van der Waals surface area contributed by atoms with E-state index in [4.69, 9.17) is 9.26 Å². The number of fused-ring (bicyclic) bond motifs is 1. The molecule has 5 rings (SSSR count). The molecule has 3 aliphatic rings. The Morgan fingerprint density at radius 2 is 2.12 bits per heavy atom. The van der Waals surface area contributed by atoms with Crippen molar-refractivity contribution in [2.75, 3.05) is 31.6 Å². The molecule has 8 heteroatoms. The molecule has 1 atom stereocenters. The van der Waals surface area contributed by atoms with Gasteiger partial charge in [-0.1, -0.05) is 5.16 Å². The Hall–Kier alpha value is -2.61. The predicted molar refractivity (Wildman–Crippen MR) is 125 cm³/mol. The van der Waals surface area contributed by atoms with Crippen molar-refractivity contribution in [3.8, 4) is 5.75 Å². The molecule has 2 aromatic heterocycles. The van der Waals surface area contributed by atoms with Crippen LogP contribution < -0.4 is 20.7 Å². The van der Waals surface area contributed by atoms with Crippen molar-refractivity contribution in [1.29, 1.82) is 0 Å². The number of hydrogen-bond acceptors (Lipinski definition) is 7. The van der Waals surface area contributed by atoms with Crippen LogP contribution in [0.2, 0.25) is 0 Å². The van der Waals surface area contributed by atoms with Crippen LogP contribution in [0.1, 0.15) is 55.5 Å². The van der Waals surface area contributed by atoms with Gasteiger partial charge < -0.3 is 25.2 Å². The normalized spacial score (nSPS) is 25.5. The van der Waals surface area contributed by atoms with Crippen LogP contribution in [0.4, 0.5) is 5.82 Å². The second-order valence-corrected chi connectivity index (χ2v) is 9.95. The molecular formula is C25H35N5O3. The number of nitrogens with zero attached hydrogens (tertiary/aromatic N) is 2. The van der Waals surface area contributed by atoms with Crippen LogP contribution in [0.15, 0.2) is 22.9 Å². The summed E-state index contributed by atoms with van der Waals surface area (Å²) in [4.78, 5) is 16.7. The molecule has 1 aliphatic heterocycles. The second-order valence-electron chi connectivity index (χ2n) is 9.95. The van der Waals surface area contributed by atoms with Gasteiger partial charge in [0.25, 0.3) is 0 Å². The highest BCUT2D eigenvalue weighted by Crippen LogP contribution is 2.57. The zero-order valence-corrected chi connectivity index (χ0v) is 19.5. The summed E-state index contributed by atoms with van der Waals surface area (Å²) in [5.74, 6) is 3.28. The number of aryl methyl sites for hydroxylation is 1. The Balaban J connectivity index is 0.940. The molecule has 2 aromatic rings. The van der Waals surface area contributed by atoms with Crippen LogP contribution >= 0.6 is 0 Å². The largest absolute Gasteiger partial charge is 0.489 e. The minimum absolute atomic E-state index is 0.0511. The first-order chi connectivity index (χ1) is 16.1. The van der Waals surface area contributed by atoms with Crippen molar-refractivity contribution < 1.29 is 14.1 Å². The number of carbonyl (C=O) groups is 1. The number of amides is 1. The molecule has 1 spiro atoms. The number of hydrogen-bond donors (Lipinski definition) is 3. The number of rotatable bonds is 10. The van der Waals surface area contributed by atoms with Crippen LogP contribution in [0.5, 0.6) is 5.75 Å². The fourth-order valence-corrected chi connectivity index (χ4v) is 5.48. The number of carbonyl (C=O) groups excluding carboxylic acids is 1. The Morgan fingerprint density at radius 3 is 2.94 bits per heavy atom. The number of nitrogens with one attached hydrogen (secondary N) is 3. The average Bonchev–Trinajstić information content (AvgIpc) is 3.14. The van der Waals surface area contributed by atoms with Crippen molar-refractivity contribution in [3.63, 3.8) is 0 Å². The van der Waals surface area contributed by atoms with Crippen LogP contribution in [-0.2, 0) is 17.6 Å². The lowest BCUT2D eigenvalue weighted by atomic mass is 9.78. The maximum atomic E-state index is 12.3. The van der Waals surface area contributed by atoms with Gasteiger partial charge >= 0.3 is 0 Å². The third kappa shape index (κ3) is 5.32. The molecule has 178 valence electrons. The van der Waals surface area contributed by atoms with Crippen molar-refractivity contribution in [2.24, 2.45) is 11.3 Å². The summed E-state index contributed by atoms with van der Waals surface area (Å²) >= 11 is 0. The van der Waals surface area contributed by atoms with E-state index >= 15 is 0 Å². The maximum Gasteiger partial charge on any atom is 0.227 e. The van der Waals surface area contributed by atoms with Crippen molar-refractivity contribution in [2.45, 2.75) is 64.3 Å². The van der Waals surface area contributed by atoms with Crippen LogP contribution in [-0.4, -0.2) is 48.3 Å². The molecule has 0 bridgehead atoms. The molecule has 33 heavy (non-hydrogen) atoms. The molecule has 1 amide bonds. The van der Waals surface area contributed by atoms with Gasteiger partial charge in [-0.05, 0) is 69.4 Å². The van der Waals surface area contributed by atoms with E-state index < -0.39 is 0 Å². The minimum Gasteiger partial charge on any atom is -0.489 e. The van der Waals surface area contributed by atoms with Gasteiger partial charge in [0.2, 0.25) is 5.91 Å². The zero-order chi connectivity index (χ0) is 22.7. The van der Waals surface area contributed by atoms with Gasteiger partial charge in [0.05, 0.1) is 18.7 Å².